The van der Waals surface area contributed by atoms with Gasteiger partial charge in [-0.15, -0.1) is 4.83 Å². The van der Waals surface area contributed by atoms with Crippen LogP contribution in [0.5, 0.6) is 5.75 Å². The first-order chi connectivity index (χ1) is 24.1. The maximum atomic E-state index is 14.0. The van der Waals surface area contributed by atoms with Crippen molar-refractivity contribution in [3.8, 4) is 5.75 Å². The lowest BCUT2D eigenvalue weighted by molar-refractivity contribution is 0.0614. The number of phenols is 1. The Morgan fingerprint density at radius 3 is 1.96 bits per heavy atom. The molecule has 0 saturated heterocycles. The third-order valence-electron chi connectivity index (χ3n) is 8.13. The summed E-state index contributed by atoms with van der Waals surface area (Å²) in [5, 5.41) is 25.7. The maximum absolute atomic E-state index is 14.0. The molecule has 0 radical (unpaired) electrons. The fourth-order valence-electron chi connectivity index (χ4n) is 5.37. The lowest BCUT2D eigenvalue weighted by atomic mass is 9.99. The second-order valence-corrected chi connectivity index (χ2v) is 16.4. The van der Waals surface area contributed by atoms with Crippen molar-refractivity contribution in [1.82, 2.24) is 24.4 Å². The molecule has 51 heavy (non-hydrogen) atoms. The van der Waals surface area contributed by atoms with E-state index in [-0.39, 0.29) is 46.2 Å². The minimum absolute atomic E-state index is 0.0252. The number of amides is 2. The summed E-state index contributed by atoms with van der Waals surface area (Å²) in [5.41, 5.74) is 0.572. The van der Waals surface area contributed by atoms with Gasteiger partial charge >= 0.3 is 0 Å². The van der Waals surface area contributed by atoms with Crippen molar-refractivity contribution in [1.29, 1.82) is 0 Å². The lowest BCUT2D eigenvalue weighted by Crippen LogP contribution is -2.53. The van der Waals surface area contributed by atoms with Gasteiger partial charge in [-0.2, -0.15) is 0 Å². The molecule has 13 nitrogen and oxygen atoms in total. The minimum atomic E-state index is -4.06. The zero-order valence-electron chi connectivity index (χ0n) is 29.9. The molecule has 0 saturated carbocycles. The first-order valence-corrected chi connectivity index (χ1v) is 20.0. The molecule has 0 aliphatic rings. The van der Waals surface area contributed by atoms with E-state index in [0.29, 0.717) is 37.9 Å². The summed E-state index contributed by atoms with van der Waals surface area (Å²) in [5.74, 6) is -1.14. The number of aromatic hydroxyl groups is 1. The van der Waals surface area contributed by atoms with Crippen LogP contribution in [0.4, 0.5) is 0 Å². The highest BCUT2D eigenvalue weighted by Gasteiger charge is 2.29. The molecule has 2 unspecified atom stereocenters. The van der Waals surface area contributed by atoms with E-state index in [0.717, 1.165) is 10.7 Å². The first-order valence-electron chi connectivity index (χ1n) is 17.1. The average Bonchev–Trinajstić information content (AvgIpc) is 3.10. The molecule has 0 heterocycles. The number of hydrogen-bond acceptors (Lipinski definition) is 9. The van der Waals surface area contributed by atoms with Crippen LogP contribution < -0.4 is 10.1 Å². The number of nitrogens with one attached hydrogen (secondary N) is 2. The van der Waals surface area contributed by atoms with Gasteiger partial charge in [-0.3, -0.25) is 9.59 Å². The van der Waals surface area contributed by atoms with Crippen LogP contribution in [0.2, 0.25) is 0 Å². The van der Waals surface area contributed by atoms with Crippen molar-refractivity contribution in [2.75, 3.05) is 40.3 Å². The summed E-state index contributed by atoms with van der Waals surface area (Å²) in [7, 11) is -5.35. The Hall–Kier alpha value is -3.86. The Bertz CT molecular complexity index is 1800. The number of rotatable bonds is 20. The third-order valence-corrected chi connectivity index (χ3v) is 11.3. The molecule has 0 spiro atoms. The van der Waals surface area contributed by atoms with Crippen molar-refractivity contribution >= 4 is 31.9 Å². The molecule has 15 heteroatoms. The van der Waals surface area contributed by atoms with Crippen molar-refractivity contribution in [2.45, 2.75) is 74.8 Å². The van der Waals surface area contributed by atoms with E-state index in [9.17, 15) is 36.6 Å². The molecule has 0 aliphatic carbocycles. The van der Waals surface area contributed by atoms with Gasteiger partial charge in [-0.25, -0.2) is 26.1 Å². The molecular weight excluding hydrogens is 695 g/mol. The Kier molecular flexibility index (Phi) is 15.6. The van der Waals surface area contributed by atoms with Crippen LogP contribution in [-0.4, -0.2) is 105 Å². The number of hydrogen-bond donors (Lipinski definition) is 4. The van der Waals surface area contributed by atoms with Crippen molar-refractivity contribution in [3.05, 3.63) is 89.5 Å². The van der Waals surface area contributed by atoms with E-state index >= 15 is 0 Å². The summed E-state index contributed by atoms with van der Waals surface area (Å²) in [4.78, 5) is 31.6. The summed E-state index contributed by atoms with van der Waals surface area (Å²) in [6.45, 7) is 6.75. The molecule has 2 atom stereocenters. The predicted molar refractivity (Wildman–Crippen MR) is 196 cm³/mol. The molecule has 0 aliphatic heterocycles. The van der Waals surface area contributed by atoms with E-state index in [1.54, 1.807) is 35.2 Å². The Balaban J connectivity index is 2.02. The number of nitrogens with zero attached hydrogens (tertiary/aromatic N) is 3. The molecule has 3 aromatic carbocycles. The zero-order chi connectivity index (χ0) is 37.8. The Morgan fingerprint density at radius 1 is 0.784 bits per heavy atom. The number of aliphatic hydroxyl groups is 1. The molecular formula is C36H51N5O8S2. The smallest absolute Gasteiger partial charge is 0.253 e. The Morgan fingerprint density at radius 2 is 1.39 bits per heavy atom. The zero-order valence-corrected chi connectivity index (χ0v) is 31.6. The maximum Gasteiger partial charge on any atom is 0.253 e. The number of benzene rings is 3. The van der Waals surface area contributed by atoms with Gasteiger partial charge in [0.1, 0.15) is 5.75 Å². The van der Waals surface area contributed by atoms with Crippen molar-refractivity contribution in [3.63, 3.8) is 0 Å². The molecule has 4 N–H and O–H groups in total. The number of carbonyl (C=O) groups is 2. The number of aliphatic hydroxyl groups excluding tert-OH is 1. The fourth-order valence-corrected chi connectivity index (χ4v) is 7.47. The number of carbonyl (C=O) groups excluding carboxylic acids is 2. The molecule has 3 aromatic rings. The van der Waals surface area contributed by atoms with Crippen molar-refractivity contribution < 1.29 is 36.6 Å². The average molecular weight is 746 g/mol. The molecule has 0 fully saturated rings. The van der Waals surface area contributed by atoms with Gasteiger partial charge in [0.15, 0.2) is 0 Å². The van der Waals surface area contributed by atoms with Crippen LogP contribution in [0.1, 0.15) is 72.7 Å². The summed E-state index contributed by atoms with van der Waals surface area (Å²) >= 11 is 0. The summed E-state index contributed by atoms with van der Waals surface area (Å²) < 4.78 is 54.0. The third kappa shape index (κ3) is 11.8. The van der Waals surface area contributed by atoms with Gasteiger partial charge in [0.05, 0.1) is 21.9 Å². The van der Waals surface area contributed by atoms with E-state index in [1.807, 2.05) is 20.8 Å². The lowest BCUT2D eigenvalue weighted by Gasteiger charge is -2.30. The van der Waals surface area contributed by atoms with E-state index in [1.165, 1.54) is 61.6 Å². The second kappa shape index (κ2) is 19.1. The van der Waals surface area contributed by atoms with E-state index in [4.69, 9.17) is 0 Å². The molecule has 280 valence electrons. The monoisotopic (exact) mass is 745 g/mol. The molecule has 0 aromatic heterocycles. The summed E-state index contributed by atoms with van der Waals surface area (Å²) in [6, 6.07) is 16.8. The van der Waals surface area contributed by atoms with Crippen LogP contribution >= 0.6 is 0 Å². The minimum Gasteiger partial charge on any atom is -0.508 e. The van der Waals surface area contributed by atoms with E-state index < -0.39 is 44.0 Å². The van der Waals surface area contributed by atoms with E-state index in [2.05, 4.69) is 10.1 Å². The standard InChI is InChI=1S/C36H51N5O8S2/c1-6-9-21-41(38-50(46,47)31-13-11-10-12-14-31)26-34(43)33(22-27-15-17-30(42)18-16-27)37-35(44)28-23-29(36(45)40(19-7-2)20-8-3)25-32(24-28)51(48,49)39(4)5/h10-18,23-25,33-34,38,42-43H,6-9,19-22,26H2,1-5H3,(H,37,44). The van der Waals surface area contributed by atoms with Crippen LogP contribution in [0.15, 0.2) is 82.6 Å². The predicted octanol–water partition coefficient (Wildman–Crippen LogP) is 3.60. The number of phenolic OH excluding ortho intramolecular Hbond substituents is 1. The van der Waals surface area contributed by atoms with Crippen molar-refractivity contribution in [2.24, 2.45) is 0 Å². The summed E-state index contributed by atoms with van der Waals surface area (Å²) in [6.07, 6.45) is 1.45. The largest absolute Gasteiger partial charge is 0.508 e. The van der Waals surface area contributed by atoms with Crippen LogP contribution in [0.25, 0.3) is 0 Å². The van der Waals surface area contributed by atoms with Gasteiger partial charge in [0.2, 0.25) is 10.0 Å². The number of hydrazine groups is 1. The molecule has 2 amide bonds. The highest BCUT2D eigenvalue weighted by atomic mass is 32.2. The van der Waals surface area contributed by atoms with Gasteiger partial charge in [0.25, 0.3) is 21.8 Å². The topological polar surface area (TPSA) is 177 Å². The SMILES string of the molecule is CCCCN(CC(O)C(Cc1ccc(O)cc1)NC(=O)c1cc(C(=O)N(CCC)CCC)cc(S(=O)(=O)N(C)C)c1)NS(=O)(=O)c1ccccc1. The molecule has 0 bridgehead atoms. The second-order valence-electron chi connectivity index (χ2n) is 12.6. The van der Waals surface area contributed by atoms with Gasteiger partial charge < -0.3 is 20.4 Å². The normalized spacial score (nSPS) is 13.3. The Labute approximate surface area is 302 Å². The van der Waals surface area contributed by atoms with Gasteiger partial charge in [-0.05, 0) is 73.7 Å². The fraction of sp³-hybridized carbons (Fsp3) is 0.444. The quantitative estimate of drug-likeness (QED) is 0.126. The highest BCUT2D eigenvalue weighted by Crippen LogP contribution is 2.21. The number of sulfonamides is 2. The van der Waals surface area contributed by atoms with Crippen LogP contribution in [0.3, 0.4) is 0 Å². The van der Waals surface area contributed by atoms with Crippen LogP contribution in [0, 0.1) is 0 Å². The molecule has 3 rings (SSSR count). The van der Waals surface area contributed by atoms with Gasteiger partial charge in [-0.1, -0.05) is 57.5 Å². The number of unbranched alkanes of at least 4 members (excludes halogenated alkanes) is 1. The van der Waals surface area contributed by atoms with Crippen LogP contribution in [-0.2, 0) is 26.5 Å². The first kappa shape index (κ1) is 41.6. The van der Waals surface area contributed by atoms with Gasteiger partial charge in [0, 0.05) is 51.4 Å². The highest BCUT2D eigenvalue weighted by molar-refractivity contribution is 7.89.